The number of primary sulfonamides is 2. The lowest BCUT2D eigenvalue weighted by Gasteiger charge is -1.87. The molecule has 0 unspecified atom stereocenters. The first-order valence-electron chi connectivity index (χ1n) is 2.82. The Hall–Kier alpha value is -0.970. The van der Waals surface area contributed by atoms with Gasteiger partial charge < -0.3 is 0 Å². The Balaban J connectivity index is 3.32. The molecule has 0 radical (unpaired) electrons. The van der Waals surface area contributed by atoms with Crippen LogP contribution in [0.4, 0.5) is 0 Å². The van der Waals surface area contributed by atoms with Crippen LogP contribution in [0.2, 0.25) is 0 Å². The maximum Gasteiger partial charge on any atom is 0.257 e. The summed E-state index contributed by atoms with van der Waals surface area (Å²) in [6.07, 6.45) is 0. The lowest BCUT2D eigenvalue weighted by Crippen LogP contribution is -2.13. The van der Waals surface area contributed by atoms with Gasteiger partial charge in [0.25, 0.3) is 20.0 Å². The van der Waals surface area contributed by atoms with Crippen LogP contribution in [0.25, 0.3) is 0 Å². The zero-order valence-electron chi connectivity index (χ0n) is 6.13. The van der Waals surface area contributed by atoms with Gasteiger partial charge in [-0.3, -0.25) is 5.10 Å². The highest BCUT2D eigenvalue weighted by Gasteiger charge is 2.17. The first-order valence-corrected chi connectivity index (χ1v) is 5.91. The SMILES string of the molecule is NS(=O)(=O)c1cc(S(N)(=O)=O)[nH]n1. The number of nitrogens with zero attached hydrogens (tertiary/aromatic N) is 1. The summed E-state index contributed by atoms with van der Waals surface area (Å²) in [7, 11) is -7.98. The summed E-state index contributed by atoms with van der Waals surface area (Å²) in [5, 5.41) is 13.4. The largest absolute Gasteiger partial charge is 0.265 e. The van der Waals surface area contributed by atoms with Crippen molar-refractivity contribution in [3.63, 3.8) is 0 Å². The summed E-state index contributed by atoms with van der Waals surface area (Å²) >= 11 is 0. The lowest BCUT2D eigenvalue weighted by molar-refractivity contribution is 0.591. The Labute approximate surface area is 74.0 Å². The van der Waals surface area contributed by atoms with Gasteiger partial charge in [0.05, 0.1) is 0 Å². The molecule has 1 aromatic heterocycles. The van der Waals surface area contributed by atoms with Gasteiger partial charge in [-0.25, -0.2) is 27.1 Å². The van der Waals surface area contributed by atoms with Crippen LogP contribution in [0, 0.1) is 0 Å². The van der Waals surface area contributed by atoms with E-state index in [1.807, 2.05) is 5.10 Å². The minimum absolute atomic E-state index is 0.503. The van der Waals surface area contributed by atoms with Crippen molar-refractivity contribution in [1.29, 1.82) is 0 Å². The molecule has 0 fully saturated rings. The van der Waals surface area contributed by atoms with Crippen molar-refractivity contribution in [3.05, 3.63) is 6.07 Å². The summed E-state index contributed by atoms with van der Waals surface area (Å²) in [4.78, 5) is 0. The van der Waals surface area contributed by atoms with E-state index >= 15 is 0 Å². The third-order valence-electron chi connectivity index (χ3n) is 1.13. The molecular weight excluding hydrogens is 220 g/mol. The number of rotatable bonds is 2. The molecule has 0 atom stereocenters. The van der Waals surface area contributed by atoms with Crippen LogP contribution in [0.15, 0.2) is 16.1 Å². The molecule has 0 amide bonds. The molecule has 8 nitrogen and oxygen atoms in total. The van der Waals surface area contributed by atoms with Crippen LogP contribution in [0.1, 0.15) is 0 Å². The maximum atomic E-state index is 10.6. The highest BCUT2D eigenvalue weighted by molar-refractivity contribution is 7.89. The Bertz CT molecular complexity index is 465. The van der Waals surface area contributed by atoms with Gasteiger partial charge in [-0.05, 0) is 0 Å². The van der Waals surface area contributed by atoms with E-state index < -0.39 is 30.1 Å². The Kier molecular flexibility index (Phi) is 2.15. The van der Waals surface area contributed by atoms with Crippen molar-refractivity contribution in [1.82, 2.24) is 10.2 Å². The first kappa shape index (κ1) is 10.1. The topological polar surface area (TPSA) is 149 Å². The highest BCUT2D eigenvalue weighted by atomic mass is 32.2. The van der Waals surface area contributed by atoms with Gasteiger partial charge in [0.1, 0.15) is 0 Å². The van der Waals surface area contributed by atoms with Crippen LogP contribution in [0.5, 0.6) is 0 Å². The number of nitrogens with two attached hydrogens (primary N) is 2. The third-order valence-corrected chi connectivity index (χ3v) is 2.74. The number of H-pyrrole nitrogens is 1. The molecular formula is C3H6N4O4S2. The van der Waals surface area contributed by atoms with Crippen LogP contribution < -0.4 is 10.3 Å². The average molecular weight is 226 g/mol. The lowest BCUT2D eigenvalue weighted by atomic mass is 10.7. The monoisotopic (exact) mass is 226 g/mol. The van der Waals surface area contributed by atoms with Crippen LogP contribution in [0.3, 0.4) is 0 Å². The van der Waals surface area contributed by atoms with Crippen LogP contribution in [-0.2, 0) is 20.0 Å². The molecule has 13 heavy (non-hydrogen) atoms. The number of aromatic nitrogens is 2. The molecule has 10 heteroatoms. The molecule has 1 aromatic rings. The van der Waals surface area contributed by atoms with E-state index in [0.29, 0.717) is 0 Å². The van der Waals surface area contributed by atoms with Crippen molar-refractivity contribution >= 4 is 20.0 Å². The average Bonchev–Trinajstić information content (AvgIpc) is 2.28. The number of nitrogens with one attached hydrogen (secondary N) is 1. The number of sulfonamides is 2. The molecule has 0 aliphatic heterocycles. The van der Waals surface area contributed by atoms with Crippen LogP contribution in [-0.4, -0.2) is 27.0 Å². The maximum absolute atomic E-state index is 10.6. The third kappa shape index (κ3) is 2.24. The fourth-order valence-electron chi connectivity index (χ4n) is 0.578. The number of aromatic amines is 1. The smallest absolute Gasteiger partial charge is 0.257 e. The fraction of sp³-hybridized carbons (Fsp3) is 0. The zero-order chi connectivity index (χ0) is 10.3. The van der Waals surface area contributed by atoms with Crippen molar-refractivity contribution in [2.75, 3.05) is 0 Å². The van der Waals surface area contributed by atoms with E-state index in [2.05, 4.69) is 15.4 Å². The molecule has 74 valence electrons. The van der Waals surface area contributed by atoms with Gasteiger partial charge in [-0.1, -0.05) is 0 Å². The Morgan fingerprint density at radius 2 is 1.69 bits per heavy atom. The van der Waals surface area contributed by atoms with Gasteiger partial charge in [0.15, 0.2) is 10.1 Å². The second-order valence-electron chi connectivity index (χ2n) is 2.16. The summed E-state index contributed by atoms with van der Waals surface area (Å²) in [5.41, 5.74) is 0. The number of hydrogen-bond donors (Lipinski definition) is 3. The normalized spacial score (nSPS) is 13.1. The molecule has 1 rings (SSSR count). The summed E-state index contributed by atoms with van der Waals surface area (Å²) in [6.45, 7) is 0. The minimum atomic E-state index is -4.00. The number of hydrogen-bond acceptors (Lipinski definition) is 5. The van der Waals surface area contributed by atoms with E-state index in [1.165, 1.54) is 0 Å². The second-order valence-corrected chi connectivity index (χ2v) is 5.20. The molecule has 0 aliphatic carbocycles. The van der Waals surface area contributed by atoms with E-state index in [-0.39, 0.29) is 0 Å². The minimum Gasteiger partial charge on any atom is -0.265 e. The van der Waals surface area contributed by atoms with Crippen molar-refractivity contribution in [2.24, 2.45) is 10.3 Å². The van der Waals surface area contributed by atoms with Crippen molar-refractivity contribution in [3.8, 4) is 0 Å². The molecule has 0 bridgehead atoms. The van der Waals surface area contributed by atoms with Crippen molar-refractivity contribution in [2.45, 2.75) is 10.1 Å². The molecule has 5 N–H and O–H groups in total. The molecule has 0 spiro atoms. The predicted molar refractivity (Wildman–Crippen MR) is 41.3 cm³/mol. The van der Waals surface area contributed by atoms with Crippen molar-refractivity contribution < 1.29 is 16.8 Å². The van der Waals surface area contributed by atoms with Gasteiger partial charge in [-0.2, -0.15) is 5.10 Å². The Morgan fingerprint density at radius 3 is 1.92 bits per heavy atom. The summed E-state index contributed by atoms with van der Waals surface area (Å²) < 4.78 is 42.6. The first-order chi connectivity index (χ1) is 5.71. The summed E-state index contributed by atoms with van der Waals surface area (Å²) in [6, 6.07) is 0.741. The highest BCUT2D eigenvalue weighted by Crippen LogP contribution is 2.07. The Morgan fingerprint density at radius 1 is 1.15 bits per heavy atom. The van der Waals surface area contributed by atoms with E-state index in [9.17, 15) is 16.8 Å². The van der Waals surface area contributed by atoms with Gasteiger partial charge in [0, 0.05) is 6.07 Å². The van der Waals surface area contributed by atoms with Gasteiger partial charge in [0.2, 0.25) is 0 Å². The standard InChI is InChI=1S/C3H6N4O4S2/c4-12(8,9)2-1-3(7-6-2)13(5,10)11/h1H,(H,6,7)(H2,4,8,9)(H2,5,10,11). The fourth-order valence-corrected chi connectivity index (χ4v) is 1.56. The van der Waals surface area contributed by atoms with Gasteiger partial charge in [-0.15, -0.1) is 0 Å². The predicted octanol–water partition coefficient (Wildman–Crippen LogP) is -2.30. The van der Waals surface area contributed by atoms with E-state index in [1.54, 1.807) is 0 Å². The van der Waals surface area contributed by atoms with E-state index in [0.717, 1.165) is 6.07 Å². The molecule has 1 heterocycles. The molecule has 0 aromatic carbocycles. The van der Waals surface area contributed by atoms with E-state index in [4.69, 9.17) is 0 Å². The molecule has 0 saturated heterocycles. The summed E-state index contributed by atoms with van der Waals surface area (Å²) in [5.74, 6) is 0. The molecule has 0 aliphatic rings. The quantitative estimate of drug-likeness (QED) is 0.518. The zero-order valence-corrected chi connectivity index (χ0v) is 7.76. The van der Waals surface area contributed by atoms with Gasteiger partial charge >= 0.3 is 0 Å². The van der Waals surface area contributed by atoms with Crippen LogP contribution >= 0.6 is 0 Å². The molecule has 0 saturated carbocycles. The second kappa shape index (κ2) is 2.77.